The van der Waals surface area contributed by atoms with Gasteiger partial charge < -0.3 is 25.0 Å². The summed E-state index contributed by atoms with van der Waals surface area (Å²) in [6, 6.07) is 13.1. The number of morpholine rings is 1. The van der Waals surface area contributed by atoms with E-state index in [4.69, 9.17) is 9.47 Å². The highest BCUT2D eigenvalue weighted by Crippen LogP contribution is 2.24. The van der Waals surface area contributed by atoms with Crippen molar-refractivity contribution in [1.82, 2.24) is 5.32 Å². The van der Waals surface area contributed by atoms with Gasteiger partial charge in [-0.1, -0.05) is 50.6 Å². The molecule has 0 radical (unpaired) electrons. The second-order valence-electron chi connectivity index (χ2n) is 7.82. The molecule has 172 valence electrons. The van der Waals surface area contributed by atoms with Crippen molar-refractivity contribution >= 4 is 23.4 Å². The van der Waals surface area contributed by atoms with E-state index in [0.29, 0.717) is 44.1 Å². The minimum atomic E-state index is -0.815. The Morgan fingerprint density at radius 2 is 1.88 bits per heavy atom. The molecule has 0 spiro atoms. The third-order valence-corrected chi connectivity index (χ3v) is 5.55. The molecule has 3 rings (SSSR count). The van der Waals surface area contributed by atoms with Crippen LogP contribution in [-0.2, 0) is 20.9 Å². The Morgan fingerprint density at radius 1 is 1.16 bits per heavy atom. The lowest BCUT2D eigenvalue weighted by atomic mass is 9.98. The van der Waals surface area contributed by atoms with Gasteiger partial charge in [-0.05, 0) is 29.7 Å². The molecule has 2 atom stereocenters. The number of hydrogen-bond donors (Lipinski definition) is 2. The number of alkyl carbamates (subject to hydrolysis) is 1. The SMILES string of the molecule is CC[C@H](C)[C@H](NC(=O)OCc1ccccc1)C(=O)Nc1ccc(N2CCOCC2)c(F)c1. The average molecular weight is 444 g/mol. The summed E-state index contributed by atoms with van der Waals surface area (Å²) < 4.78 is 25.2. The van der Waals surface area contributed by atoms with E-state index in [2.05, 4.69) is 10.6 Å². The quantitative estimate of drug-likeness (QED) is 0.646. The molecule has 2 aromatic carbocycles. The molecule has 1 aliphatic heterocycles. The zero-order valence-electron chi connectivity index (χ0n) is 18.5. The van der Waals surface area contributed by atoms with E-state index >= 15 is 0 Å². The van der Waals surface area contributed by atoms with Crippen LogP contribution in [0.25, 0.3) is 0 Å². The van der Waals surface area contributed by atoms with Crippen LogP contribution < -0.4 is 15.5 Å². The maximum atomic E-state index is 14.7. The fraction of sp³-hybridized carbons (Fsp3) is 0.417. The molecule has 1 fully saturated rings. The van der Waals surface area contributed by atoms with E-state index in [-0.39, 0.29) is 12.5 Å². The molecule has 0 saturated carbocycles. The smallest absolute Gasteiger partial charge is 0.408 e. The lowest BCUT2D eigenvalue weighted by molar-refractivity contribution is -0.119. The van der Waals surface area contributed by atoms with Crippen LogP contribution in [0.3, 0.4) is 0 Å². The van der Waals surface area contributed by atoms with Gasteiger partial charge >= 0.3 is 6.09 Å². The third kappa shape index (κ3) is 6.43. The van der Waals surface area contributed by atoms with Crippen LogP contribution in [0.2, 0.25) is 0 Å². The first-order valence-corrected chi connectivity index (χ1v) is 10.9. The monoisotopic (exact) mass is 443 g/mol. The Kier molecular flexibility index (Phi) is 8.44. The van der Waals surface area contributed by atoms with Crippen LogP contribution in [0.5, 0.6) is 0 Å². The zero-order valence-corrected chi connectivity index (χ0v) is 18.5. The molecule has 0 unspecified atom stereocenters. The summed E-state index contributed by atoms with van der Waals surface area (Å²) in [5.41, 5.74) is 1.66. The highest BCUT2D eigenvalue weighted by Gasteiger charge is 2.27. The van der Waals surface area contributed by atoms with Gasteiger partial charge in [0.15, 0.2) is 0 Å². The molecule has 0 aliphatic carbocycles. The van der Waals surface area contributed by atoms with E-state index in [0.717, 1.165) is 5.56 Å². The minimum Gasteiger partial charge on any atom is -0.445 e. The summed E-state index contributed by atoms with van der Waals surface area (Å²) in [4.78, 5) is 27.1. The maximum absolute atomic E-state index is 14.7. The molecular formula is C24H30FN3O4. The van der Waals surface area contributed by atoms with Gasteiger partial charge in [0.1, 0.15) is 18.5 Å². The number of nitrogens with zero attached hydrogens (tertiary/aromatic N) is 1. The van der Waals surface area contributed by atoms with Gasteiger partial charge in [0.2, 0.25) is 5.91 Å². The molecule has 2 amide bonds. The van der Waals surface area contributed by atoms with Crippen LogP contribution in [0.15, 0.2) is 48.5 Å². The lowest BCUT2D eigenvalue weighted by Gasteiger charge is -2.29. The molecule has 7 nitrogen and oxygen atoms in total. The van der Waals surface area contributed by atoms with Crippen molar-refractivity contribution < 1.29 is 23.5 Å². The average Bonchev–Trinajstić information content (AvgIpc) is 2.82. The summed E-state index contributed by atoms with van der Waals surface area (Å²) in [5, 5.41) is 5.36. The van der Waals surface area contributed by atoms with Crippen LogP contribution in [0.1, 0.15) is 25.8 Å². The number of benzene rings is 2. The molecule has 0 aromatic heterocycles. The van der Waals surface area contributed by atoms with Crippen molar-refractivity contribution in [3.8, 4) is 0 Å². The maximum Gasteiger partial charge on any atom is 0.408 e. The molecule has 32 heavy (non-hydrogen) atoms. The number of amides is 2. The van der Waals surface area contributed by atoms with Gasteiger partial charge in [0.25, 0.3) is 0 Å². The van der Waals surface area contributed by atoms with E-state index in [1.165, 1.54) is 6.07 Å². The fourth-order valence-electron chi connectivity index (χ4n) is 3.46. The Balaban J connectivity index is 1.61. The van der Waals surface area contributed by atoms with Gasteiger partial charge in [0.05, 0.1) is 18.9 Å². The molecule has 2 N–H and O–H groups in total. The van der Waals surface area contributed by atoms with Crippen LogP contribution in [-0.4, -0.2) is 44.3 Å². The Labute approximate surface area is 187 Å². The van der Waals surface area contributed by atoms with Gasteiger partial charge in [-0.15, -0.1) is 0 Å². The number of rotatable bonds is 8. The normalized spacial score (nSPS) is 15.5. The molecule has 8 heteroatoms. The molecule has 1 saturated heterocycles. The Morgan fingerprint density at radius 3 is 2.53 bits per heavy atom. The van der Waals surface area contributed by atoms with Gasteiger partial charge in [-0.25, -0.2) is 9.18 Å². The number of nitrogens with one attached hydrogen (secondary N) is 2. The number of carbonyl (C=O) groups excluding carboxylic acids is 2. The Hall–Kier alpha value is -3.13. The topological polar surface area (TPSA) is 79.9 Å². The van der Waals surface area contributed by atoms with Gasteiger partial charge in [-0.3, -0.25) is 4.79 Å². The van der Waals surface area contributed by atoms with Crippen molar-refractivity contribution in [2.75, 3.05) is 36.5 Å². The number of carbonyl (C=O) groups is 2. The van der Waals surface area contributed by atoms with Gasteiger partial charge in [0, 0.05) is 18.8 Å². The van der Waals surface area contributed by atoms with Crippen LogP contribution >= 0.6 is 0 Å². The summed E-state index contributed by atoms with van der Waals surface area (Å²) >= 11 is 0. The third-order valence-electron chi connectivity index (χ3n) is 5.55. The molecule has 1 aliphatic rings. The van der Waals surface area contributed by atoms with E-state index in [1.807, 2.05) is 49.1 Å². The molecule has 0 bridgehead atoms. The zero-order chi connectivity index (χ0) is 22.9. The molecule has 1 heterocycles. The largest absolute Gasteiger partial charge is 0.445 e. The Bertz CT molecular complexity index is 903. The molecular weight excluding hydrogens is 413 g/mol. The second-order valence-corrected chi connectivity index (χ2v) is 7.82. The van der Waals surface area contributed by atoms with Crippen molar-refractivity contribution in [2.45, 2.75) is 32.9 Å². The first-order chi connectivity index (χ1) is 15.5. The van der Waals surface area contributed by atoms with Crippen molar-refractivity contribution in [2.24, 2.45) is 5.92 Å². The van der Waals surface area contributed by atoms with Crippen molar-refractivity contribution in [3.63, 3.8) is 0 Å². The highest BCUT2D eigenvalue weighted by molar-refractivity contribution is 5.96. The first-order valence-electron chi connectivity index (χ1n) is 10.9. The lowest BCUT2D eigenvalue weighted by Crippen LogP contribution is -2.47. The number of hydrogen-bond acceptors (Lipinski definition) is 5. The fourth-order valence-corrected chi connectivity index (χ4v) is 3.46. The predicted octanol–water partition coefficient (Wildman–Crippen LogP) is 3.94. The first kappa shape index (κ1) is 23.5. The van der Waals surface area contributed by atoms with E-state index in [1.54, 1.807) is 12.1 Å². The summed E-state index contributed by atoms with van der Waals surface area (Å²) in [6.45, 7) is 6.25. The minimum absolute atomic E-state index is 0.107. The van der Waals surface area contributed by atoms with E-state index < -0.39 is 23.9 Å². The van der Waals surface area contributed by atoms with E-state index in [9.17, 15) is 14.0 Å². The summed E-state index contributed by atoms with van der Waals surface area (Å²) in [6.07, 6.45) is -0.00960. The number of anilines is 2. The van der Waals surface area contributed by atoms with Crippen LogP contribution in [0, 0.1) is 11.7 Å². The molecule has 2 aromatic rings. The number of ether oxygens (including phenoxy) is 2. The van der Waals surface area contributed by atoms with Crippen LogP contribution in [0.4, 0.5) is 20.6 Å². The van der Waals surface area contributed by atoms with Gasteiger partial charge in [-0.2, -0.15) is 0 Å². The summed E-state index contributed by atoms with van der Waals surface area (Å²) in [5.74, 6) is -0.980. The highest BCUT2D eigenvalue weighted by atomic mass is 19.1. The summed E-state index contributed by atoms with van der Waals surface area (Å²) in [7, 11) is 0. The van der Waals surface area contributed by atoms with Crippen molar-refractivity contribution in [3.05, 3.63) is 59.9 Å². The number of halogens is 1. The predicted molar refractivity (Wildman–Crippen MR) is 121 cm³/mol. The second kappa shape index (κ2) is 11.5. The van der Waals surface area contributed by atoms with Crippen molar-refractivity contribution in [1.29, 1.82) is 0 Å². The standard InChI is InChI=1S/C24H30FN3O4/c1-3-17(2)22(27-24(30)32-16-18-7-5-4-6-8-18)23(29)26-19-9-10-21(20(25)15-19)28-11-13-31-14-12-28/h4-10,15,17,22H,3,11-14,16H2,1-2H3,(H,26,29)(H,27,30)/t17-,22-/m0/s1.